The van der Waals surface area contributed by atoms with Crippen molar-refractivity contribution in [3.05, 3.63) is 67.9 Å². The lowest BCUT2D eigenvalue weighted by molar-refractivity contribution is 0.605. The van der Waals surface area contributed by atoms with Gasteiger partial charge in [0.1, 0.15) is 5.82 Å². The predicted molar refractivity (Wildman–Crippen MR) is 90.5 cm³/mol. The normalized spacial score (nSPS) is 12.5. The molecule has 0 spiro atoms. The van der Waals surface area contributed by atoms with E-state index in [-0.39, 0.29) is 11.9 Å². The molecule has 2 aromatic carbocycles. The molecule has 1 nitrogen and oxygen atoms in total. The molecule has 0 saturated heterocycles. The minimum atomic E-state index is -0.272. The van der Waals surface area contributed by atoms with E-state index in [0.29, 0.717) is 10.6 Å². The quantitative estimate of drug-likeness (QED) is 0.743. The van der Waals surface area contributed by atoms with Crippen LogP contribution >= 0.6 is 27.5 Å². The van der Waals surface area contributed by atoms with Crippen molar-refractivity contribution in [2.24, 2.45) is 0 Å². The predicted octanol–water partition coefficient (Wildman–Crippen LogP) is 5.56. The highest BCUT2D eigenvalue weighted by atomic mass is 79.9. The third kappa shape index (κ3) is 3.65. The van der Waals surface area contributed by atoms with Gasteiger partial charge in [0, 0.05) is 9.50 Å². The molecule has 0 bridgehead atoms. The van der Waals surface area contributed by atoms with E-state index in [1.54, 1.807) is 6.92 Å². The highest BCUT2D eigenvalue weighted by Crippen LogP contribution is 2.32. The Balaban J connectivity index is 2.55. The van der Waals surface area contributed by atoms with Crippen LogP contribution in [0, 0.1) is 19.7 Å². The molecule has 112 valence electrons. The van der Waals surface area contributed by atoms with Crippen LogP contribution in [-0.4, -0.2) is 6.54 Å². The van der Waals surface area contributed by atoms with Crippen molar-refractivity contribution >= 4 is 27.5 Å². The first-order valence-electron chi connectivity index (χ1n) is 6.89. The molecule has 0 saturated carbocycles. The molecular weight excluding hydrogens is 353 g/mol. The van der Waals surface area contributed by atoms with Crippen molar-refractivity contribution < 1.29 is 4.39 Å². The maximum Gasteiger partial charge on any atom is 0.127 e. The molecule has 2 aromatic rings. The van der Waals surface area contributed by atoms with Gasteiger partial charge in [-0.3, -0.25) is 0 Å². The van der Waals surface area contributed by atoms with Gasteiger partial charge in [-0.2, -0.15) is 0 Å². The Labute approximate surface area is 138 Å². The van der Waals surface area contributed by atoms with Gasteiger partial charge in [0.25, 0.3) is 0 Å². The summed E-state index contributed by atoms with van der Waals surface area (Å²) in [6.45, 7) is 6.67. The molecule has 4 heteroatoms. The summed E-state index contributed by atoms with van der Waals surface area (Å²) in [4.78, 5) is 0. The van der Waals surface area contributed by atoms with Gasteiger partial charge < -0.3 is 5.32 Å². The van der Waals surface area contributed by atoms with E-state index >= 15 is 0 Å². The first-order valence-corrected chi connectivity index (χ1v) is 8.06. The average Bonchev–Trinajstić information content (AvgIpc) is 2.41. The van der Waals surface area contributed by atoms with Crippen molar-refractivity contribution in [2.45, 2.75) is 26.8 Å². The Morgan fingerprint density at radius 3 is 2.48 bits per heavy atom. The van der Waals surface area contributed by atoms with Crippen LogP contribution in [-0.2, 0) is 0 Å². The molecule has 0 aliphatic carbocycles. The monoisotopic (exact) mass is 369 g/mol. The van der Waals surface area contributed by atoms with Crippen LogP contribution in [0.2, 0.25) is 5.02 Å². The van der Waals surface area contributed by atoms with Gasteiger partial charge >= 0.3 is 0 Å². The molecule has 0 radical (unpaired) electrons. The number of aryl methyl sites for hydroxylation is 2. The average molecular weight is 371 g/mol. The minimum Gasteiger partial charge on any atom is -0.306 e. The second-order valence-electron chi connectivity index (χ2n) is 5.11. The summed E-state index contributed by atoms with van der Waals surface area (Å²) in [5.74, 6) is -0.272. The molecule has 0 fully saturated rings. The Bertz CT molecular complexity index is 657. The summed E-state index contributed by atoms with van der Waals surface area (Å²) < 4.78 is 14.7. The van der Waals surface area contributed by atoms with Gasteiger partial charge in [-0.1, -0.05) is 40.5 Å². The molecule has 0 heterocycles. The highest BCUT2D eigenvalue weighted by Gasteiger charge is 2.19. The SMILES string of the molecule is CCNC(c1ccc(Br)cc1C)c1cc(C)c(F)cc1Cl. The van der Waals surface area contributed by atoms with Crippen molar-refractivity contribution in [3.8, 4) is 0 Å². The van der Waals surface area contributed by atoms with E-state index in [9.17, 15) is 4.39 Å². The Morgan fingerprint density at radius 2 is 1.86 bits per heavy atom. The number of hydrogen-bond acceptors (Lipinski definition) is 1. The van der Waals surface area contributed by atoms with Gasteiger partial charge in [0.15, 0.2) is 0 Å². The van der Waals surface area contributed by atoms with E-state index in [1.165, 1.54) is 6.07 Å². The van der Waals surface area contributed by atoms with Crippen molar-refractivity contribution in [2.75, 3.05) is 6.54 Å². The summed E-state index contributed by atoms with van der Waals surface area (Å²) in [6, 6.07) is 9.33. The van der Waals surface area contributed by atoms with E-state index in [1.807, 2.05) is 19.1 Å². The number of rotatable bonds is 4. The van der Waals surface area contributed by atoms with Crippen molar-refractivity contribution in [1.82, 2.24) is 5.32 Å². The third-order valence-electron chi connectivity index (χ3n) is 3.54. The summed E-state index contributed by atoms with van der Waals surface area (Å²) in [6.07, 6.45) is 0. The van der Waals surface area contributed by atoms with Gasteiger partial charge in [-0.15, -0.1) is 0 Å². The van der Waals surface area contributed by atoms with Gasteiger partial charge in [-0.05, 0) is 66.9 Å². The molecule has 1 atom stereocenters. The minimum absolute atomic E-state index is 0.0464. The summed E-state index contributed by atoms with van der Waals surface area (Å²) >= 11 is 9.76. The summed E-state index contributed by atoms with van der Waals surface area (Å²) in [7, 11) is 0. The van der Waals surface area contributed by atoms with Crippen molar-refractivity contribution in [3.63, 3.8) is 0 Å². The zero-order valence-electron chi connectivity index (χ0n) is 12.3. The zero-order valence-corrected chi connectivity index (χ0v) is 14.6. The molecule has 2 rings (SSSR count). The zero-order chi connectivity index (χ0) is 15.6. The second-order valence-corrected chi connectivity index (χ2v) is 6.44. The van der Waals surface area contributed by atoms with Crippen LogP contribution in [0.15, 0.2) is 34.8 Å². The van der Waals surface area contributed by atoms with Gasteiger partial charge in [-0.25, -0.2) is 4.39 Å². The van der Waals surface area contributed by atoms with Crippen molar-refractivity contribution in [1.29, 1.82) is 0 Å². The Morgan fingerprint density at radius 1 is 1.14 bits per heavy atom. The maximum absolute atomic E-state index is 13.6. The third-order valence-corrected chi connectivity index (χ3v) is 4.36. The van der Waals surface area contributed by atoms with Crippen LogP contribution in [0.3, 0.4) is 0 Å². The Kier molecular flexibility index (Phi) is 5.42. The fraction of sp³-hybridized carbons (Fsp3) is 0.294. The standard InChI is InChI=1S/C17H18BrClFN/c1-4-21-17(13-6-5-12(18)7-10(13)2)14-8-11(3)16(20)9-15(14)19/h5-9,17,21H,4H2,1-3H3. The molecule has 21 heavy (non-hydrogen) atoms. The van der Waals surface area contributed by atoms with Crippen LogP contribution in [0.4, 0.5) is 4.39 Å². The smallest absolute Gasteiger partial charge is 0.127 e. The Hall–Kier alpha value is -0.900. The highest BCUT2D eigenvalue weighted by molar-refractivity contribution is 9.10. The fourth-order valence-corrected chi connectivity index (χ4v) is 3.19. The van der Waals surface area contributed by atoms with Crippen LogP contribution in [0.25, 0.3) is 0 Å². The largest absolute Gasteiger partial charge is 0.306 e. The lowest BCUT2D eigenvalue weighted by atomic mass is 9.94. The van der Waals surface area contributed by atoms with Crippen LogP contribution in [0.1, 0.15) is 35.2 Å². The molecule has 0 amide bonds. The molecule has 0 aliphatic heterocycles. The molecule has 1 N–H and O–H groups in total. The van der Waals surface area contributed by atoms with Gasteiger partial charge in [0.2, 0.25) is 0 Å². The molecular formula is C17H18BrClFN. The van der Waals surface area contributed by atoms with E-state index in [2.05, 4.69) is 40.3 Å². The molecule has 1 unspecified atom stereocenters. The van der Waals surface area contributed by atoms with Crippen LogP contribution < -0.4 is 5.32 Å². The first kappa shape index (κ1) is 16.5. The van der Waals surface area contributed by atoms with E-state index < -0.39 is 0 Å². The van der Waals surface area contributed by atoms with E-state index in [4.69, 9.17) is 11.6 Å². The van der Waals surface area contributed by atoms with E-state index in [0.717, 1.165) is 27.7 Å². The lowest BCUT2D eigenvalue weighted by Gasteiger charge is -2.23. The molecule has 0 aliphatic rings. The topological polar surface area (TPSA) is 12.0 Å². The van der Waals surface area contributed by atoms with Gasteiger partial charge in [0.05, 0.1) is 6.04 Å². The maximum atomic E-state index is 13.6. The summed E-state index contributed by atoms with van der Waals surface area (Å²) in [5.41, 5.74) is 3.82. The fourth-order valence-electron chi connectivity index (χ4n) is 2.46. The summed E-state index contributed by atoms with van der Waals surface area (Å²) in [5, 5.41) is 3.89. The number of nitrogens with one attached hydrogen (secondary N) is 1. The first-order chi connectivity index (χ1) is 9.93. The number of halogens is 3. The number of hydrogen-bond donors (Lipinski definition) is 1. The lowest BCUT2D eigenvalue weighted by Crippen LogP contribution is -2.23. The molecule has 0 aromatic heterocycles. The second kappa shape index (κ2) is 6.91. The van der Waals surface area contributed by atoms with Crippen LogP contribution in [0.5, 0.6) is 0 Å². The number of benzene rings is 2.